The molecule has 94 valence electrons. The Morgan fingerprint density at radius 2 is 2.33 bits per heavy atom. The molecule has 1 fully saturated rings. The lowest BCUT2D eigenvalue weighted by atomic mass is 10.2. The van der Waals surface area contributed by atoms with Crippen LogP contribution in [0.3, 0.4) is 0 Å². The topological polar surface area (TPSA) is 49.0 Å². The predicted molar refractivity (Wildman–Crippen MR) is 70.1 cm³/mol. The average Bonchev–Trinajstić information content (AvgIpc) is 3.03. The fourth-order valence-electron chi connectivity index (χ4n) is 2.68. The van der Waals surface area contributed by atoms with Gasteiger partial charge in [-0.25, -0.2) is 4.98 Å². The van der Waals surface area contributed by atoms with Gasteiger partial charge in [0.05, 0.1) is 17.1 Å². The number of carbonyl (C=O) groups excluding carboxylic acids is 1. The van der Waals surface area contributed by atoms with Crippen LogP contribution >= 0.6 is 0 Å². The second-order valence-corrected chi connectivity index (χ2v) is 4.74. The quantitative estimate of drug-likeness (QED) is 0.881. The molecule has 18 heavy (non-hydrogen) atoms. The van der Waals surface area contributed by atoms with Crippen molar-refractivity contribution >= 4 is 16.9 Å². The lowest BCUT2D eigenvalue weighted by Gasteiger charge is -2.22. The molecule has 4 heteroatoms. The maximum absolute atomic E-state index is 11.9. The normalized spacial score (nSPS) is 19.6. The first-order chi connectivity index (χ1) is 8.79. The molecule has 2 aromatic rings. The van der Waals surface area contributed by atoms with Crippen LogP contribution in [0.1, 0.15) is 38.1 Å². The van der Waals surface area contributed by atoms with Crippen LogP contribution in [-0.2, 0) is 4.79 Å². The molecule has 1 saturated heterocycles. The second-order valence-electron chi connectivity index (χ2n) is 4.74. The van der Waals surface area contributed by atoms with Gasteiger partial charge in [0, 0.05) is 13.0 Å². The van der Waals surface area contributed by atoms with E-state index in [1.807, 2.05) is 36.1 Å². The fourth-order valence-corrected chi connectivity index (χ4v) is 2.68. The maximum atomic E-state index is 11.9. The van der Waals surface area contributed by atoms with Crippen LogP contribution in [0.15, 0.2) is 24.3 Å². The highest BCUT2D eigenvalue weighted by atomic mass is 16.2. The van der Waals surface area contributed by atoms with Gasteiger partial charge in [-0.15, -0.1) is 0 Å². The molecule has 1 amide bonds. The molecule has 0 aliphatic carbocycles. The SMILES string of the molecule is CCC(=O)N1CCCC1c1nc2ccccc2[nH]1. The number of aromatic amines is 1. The third-order valence-electron chi connectivity index (χ3n) is 3.60. The number of benzene rings is 1. The van der Waals surface area contributed by atoms with Crippen LogP contribution in [0, 0.1) is 0 Å². The minimum absolute atomic E-state index is 0.129. The van der Waals surface area contributed by atoms with Crippen LogP contribution in [0.25, 0.3) is 11.0 Å². The van der Waals surface area contributed by atoms with Gasteiger partial charge in [0.25, 0.3) is 0 Å². The number of hydrogen-bond acceptors (Lipinski definition) is 2. The van der Waals surface area contributed by atoms with E-state index in [4.69, 9.17) is 0 Å². The Labute approximate surface area is 106 Å². The smallest absolute Gasteiger partial charge is 0.222 e. The Hall–Kier alpha value is -1.84. The van der Waals surface area contributed by atoms with Crippen molar-refractivity contribution < 1.29 is 4.79 Å². The molecular weight excluding hydrogens is 226 g/mol. The number of fused-ring (bicyclic) bond motifs is 1. The zero-order valence-corrected chi connectivity index (χ0v) is 10.5. The zero-order chi connectivity index (χ0) is 12.5. The number of likely N-dealkylation sites (tertiary alicyclic amines) is 1. The molecule has 1 aliphatic rings. The van der Waals surface area contributed by atoms with Crippen LogP contribution in [0.5, 0.6) is 0 Å². The van der Waals surface area contributed by atoms with Crippen LogP contribution in [0.4, 0.5) is 0 Å². The van der Waals surface area contributed by atoms with Crippen molar-refractivity contribution in [3.8, 4) is 0 Å². The number of aromatic nitrogens is 2. The van der Waals surface area contributed by atoms with E-state index in [1.165, 1.54) is 0 Å². The summed E-state index contributed by atoms with van der Waals surface area (Å²) in [6, 6.07) is 8.12. The van der Waals surface area contributed by atoms with E-state index in [0.717, 1.165) is 36.2 Å². The maximum Gasteiger partial charge on any atom is 0.222 e. The molecule has 1 atom stereocenters. The number of para-hydroxylation sites is 2. The summed E-state index contributed by atoms with van der Waals surface area (Å²) in [5, 5.41) is 0. The summed E-state index contributed by atoms with van der Waals surface area (Å²) in [7, 11) is 0. The van der Waals surface area contributed by atoms with E-state index in [0.29, 0.717) is 6.42 Å². The Bertz CT molecular complexity index is 542. The van der Waals surface area contributed by atoms with Crippen molar-refractivity contribution in [3.05, 3.63) is 30.1 Å². The highest BCUT2D eigenvalue weighted by Gasteiger charge is 2.31. The third-order valence-corrected chi connectivity index (χ3v) is 3.60. The van der Waals surface area contributed by atoms with Gasteiger partial charge in [-0.1, -0.05) is 19.1 Å². The third kappa shape index (κ3) is 1.78. The number of nitrogens with one attached hydrogen (secondary N) is 1. The van der Waals surface area contributed by atoms with Gasteiger partial charge >= 0.3 is 0 Å². The Morgan fingerprint density at radius 1 is 1.50 bits per heavy atom. The first-order valence-electron chi connectivity index (χ1n) is 6.53. The Kier molecular flexibility index (Phi) is 2.78. The molecule has 0 saturated carbocycles. The molecule has 4 nitrogen and oxygen atoms in total. The lowest BCUT2D eigenvalue weighted by molar-refractivity contribution is -0.131. The minimum Gasteiger partial charge on any atom is -0.340 e. The first kappa shape index (κ1) is 11.3. The van der Waals surface area contributed by atoms with Gasteiger partial charge in [-0.2, -0.15) is 0 Å². The number of hydrogen-bond donors (Lipinski definition) is 1. The summed E-state index contributed by atoms with van der Waals surface area (Å²) >= 11 is 0. The van der Waals surface area contributed by atoms with E-state index < -0.39 is 0 Å². The number of H-pyrrole nitrogens is 1. The summed E-state index contributed by atoms with van der Waals surface area (Å²) in [5.41, 5.74) is 2.02. The van der Waals surface area contributed by atoms with E-state index in [2.05, 4.69) is 9.97 Å². The number of imidazole rings is 1. The summed E-state index contributed by atoms with van der Waals surface area (Å²) < 4.78 is 0. The molecule has 1 aromatic heterocycles. The first-order valence-corrected chi connectivity index (χ1v) is 6.53. The van der Waals surface area contributed by atoms with Gasteiger partial charge < -0.3 is 9.88 Å². The van der Waals surface area contributed by atoms with Crippen molar-refractivity contribution in [2.75, 3.05) is 6.54 Å². The Balaban J connectivity index is 1.95. The molecule has 0 radical (unpaired) electrons. The molecule has 0 bridgehead atoms. The van der Waals surface area contributed by atoms with Crippen molar-refractivity contribution in [1.82, 2.24) is 14.9 Å². The average molecular weight is 243 g/mol. The minimum atomic E-state index is 0.129. The molecule has 0 spiro atoms. The van der Waals surface area contributed by atoms with Crippen molar-refractivity contribution in [2.24, 2.45) is 0 Å². The molecule has 3 rings (SSSR count). The summed E-state index contributed by atoms with van der Waals surface area (Å²) in [5.74, 6) is 1.15. The molecule has 1 unspecified atom stereocenters. The largest absolute Gasteiger partial charge is 0.340 e. The highest BCUT2D eigenvalue weighted by molar-refractivity contribution is 5.77. The lowest BCUT2D eigenvalue weighted by Crippen LogP contribution is -2.30. The number of rotatable bonds is 2. The standard InChI is InChI=1S/C14H17N3O/c1-2-13(18)17-9-5-8-12(17)14-15-10-6-3-4-7-11(10)16-14/h3-4,6-7,12H,2,5,8-9H2,1H3,(H,15,16). The van der Waals surface area contributed by atoms with E-state index in [-0.39, 0.29) is 11.9 Å². The number of carbonyl (C=O) groups is 1. The zero-order valence-electron chi connectivity index (χ0n) is 10.5. The van der Waals surface area contributed by atoms with Gasteiger partial charge in [-0.05, 0) is 25.0 Å². The van der Waals surface area contributed by atoms with Crippen molar-refractivity contribution in [2.45, 2.75) is 32.2 Å². The molecule has 2 heterocycles. The van der Waals surface area contributed by atoms with E-state index in [1.54, 1.807) is 0 Å². The molecular formula is C14H17N3O. The van der Waals surface area contributed by atoms with Crippen molar-refractivity contribution in [3.63, 3.8) is 0 Å². The second kappa shape index (κ2) is 4.44. The molecule has 1 aromatic carbocycles. The van der Waals surface area contributed by atoms with Crippen LogP contribution < -0.4 is 0 Å². The predicted octanol–water partition coefficient (Wildman–Crippen LogP) is 2.64. The van der Waals surface area contributed by atoms with Crippen LogP contribution in [0.2, 0.25) is 0 Å². The summed E-state index contributed by atoms with van der Waals surface area (Å²) in [6.07, 6.45) is 2.63. The Morgan fingerprint density at radius 3 is 3.11 bits per heavy atom. The number of amides is 1. The summed E-state index contributed by atoms with van der Waals surface area (Å²) in [6.45, 7) is 2.77. The number of nitrogens with zero attached hydrogens (tertiary/aromatic N) is 2. The van der Waals surface area contributed by atoms with E-state index in [9.17, 15) is 4.79 Å². The monoisotopic (exact) mass is 243 g/mol. The van der Waals surface area contributed by atoms with Crippen molar-refractivity contribution in [1.29, 1.82) is 0 Å². The highest BCUT2D eigenvalue weighted by Crippen LogP contribution is 2.31. The van der Waals surface area contributed by atoms with Gasteiger partial charge in [0.2, 0.25) is 5.91 Å². The van der Waals surface area contributed by atoms with Crippen LogP contribution in [-0.4, -0.2) is 27.3 Å². The van der Waals surface area contributed by atoms with Gasteiger partial charge in [-0.3, -0.25) is 4.79 Å². The van der Waals surface area contributed by atoms with Gasteiger partial charge in [0.15, 0.2) is 0 Å². The molecule has 1 aliphatic heterocycles. The fraction of sp³-hybridized carbons (Fsp3) is 0.429. The van der Waals surface area contributed by atoms with Gasteiger partial charge in [0.1, 0.15) is 5.82 Å². The van der Waals surface area contributed by atoms with E-state index >= 15 is 0 Å². The molecule has 1 N–H and O–H groups in total. The summed E-state index contributed by atoms with van der Waals surface area (Å²) in [4.78, 5) is 21.8.